The maximum atomic E-state index is 5.22. The van der Waals surface area contributed by atoms with E-state index in [0.29, 0.717) is 13.2 Å². The number of ether oxygens (including phenoxy) is 1. The molecule has 0 atom stereocenters. The monoisotopic (exact) mass is 210 g/mol. The number of hydrogen-bond acceptors (Lipinski definition) is 1. The molecule has 80 valence electrons. The average molecular weight is 210 g/mol. The summed E-state index contributed by atoms with van der Waals surface area (Å²) in [6.07, 6.45) is 0. The molecular weight excluding hydrogens is 196 g/mol. The summed E-state index contributed by atoms with van der Waals surface area (Å²) in [5.74, 6) is 11.6. The molecule has 1 aromatic rings. The molecule has 0 spiro atoms. The maximum Gasteiger partial charge on any atom is 0.109 e. The van der Waals surface area contributed by atoms with Gasteiger partial charge >= 0.3 is 0 Å². The Bertz CT molecular complexity index is 449. The Balaban J connectivity index is 2.25. The van der Waals surface area contributed by atoms with Crippen molar-refractivity contribution in [2.24, 2.45) is 0 Å². The summed E-state index contributed by atoms with van der Waals surface area (Å²) in [7, 11) is 0. The van der Waals surface area contributed by atoms with Gasteiger partial charge in [-0.1, -0.05) is 48.5 Å². The highest BCUT2D eigenvalue weighted by Crippen LogP contribution is 1.94. The predicted octanol–water partition coefficient (Wildman–Crippen LogP) is 2.63. The lowest BCUT2D eigenvalue weighted by molar-refractivity contribution is 0.204. The average Bonchev–Trinajstić information content (AvgIpc) is 2.29. The second kappa shape index (κ2) is 7.35. The van der Waals surface area contributed by atoms with Crippen LogP contribution in [0.25, 0.3) is 0 Å². The first kappa shape index (κ1) is 12.1. The lowest BCUT2D eigenvalue weighted by Crippen LogP contribution is -1.91. The minimum absolute atomic E-state index is 0.399. The lowest BCUT2D eigenvalue weighted by atomic mass is 10.2. The van der Waals surface area contributed by atoms with Crippen molar-refractivity contribution in [1.29, 1.82) is 0 Å². The number of benzene rings is 1. The van der Waals surface area contributed by atoms with E-state index in [1.807, 2.05) is 37.3 Å². The second-order valence-corrected chi connectivity index (χ2v) is 3.24. The molecule has 0 saturated heterocycles. The van der Waals surface area contributed by atoms with Crippen molar-refractivity contribution in [1.82, 2.24) is 0 Å². The van der Waals surface area contributed by atoms with Crippen LogP contribution in [-0.2, 0) is 4.74 Å². The highest BCUT2D eigenvalue weighted by atomic mass is 16.5. The van der Waals surface area contributed by atoms with Gasteiger partial charge in [0.25, 0.3) is 0 Å². The van der Waals surface area contributed by atoms with Crippen LogP contribution in [-0.4, -0.2) is 13.2 Å². The predicted molar refractivity (Wildman–Crippen MR) is 66.7 cm³/mol. The minimum atomic E-state index is 0.399. The van der Waals surface area contributed by atoms with E-state index in [1.54, 1.807) is 0 Å². The normalized spacial score (nSPS) is 8.31. The van der Waals surface area contributed by atoms with Crippen molar-refractivity contribution >= 4 is 0 Å². The molecule has 16 heavy (non-hydrogen) atoms. The highest BCUT2D eigenvalue weighted by molar-refractivity contribution is 5.33. The lowest BCUT2D eigenvalue weighted by Gasteiger charge is -1.90. The fraction of sp³-hybridized carbons (Fsp3) is 0.200. The van der Waals surface area contributed by atoms with Gasteiger partial charge in [0.1, 0.15) is 13.2 Å². The smallest absolute Gasteiger partial charge is 0.109 e. The standard InChI is InChI=1S/C15H14O/c1-14(2)8-6-12-16-13-7-11-15-9-4-3-5-10-15/h3-5,9-10H,1,12-13H2,2H3. The van der Waals surface area contributed by atoms with Crippen LogP contribution in [0.3, 0.4) is 0 Å². The van der Waals surface area contributed by atoms with Crippen LogP contribution in [0, 0.1) is 23.7 Å². The quantitative estimate of drug-likeness (QED) is 0.538. The number of hydrogen-bond donors (Lipinski definition) is 0. The largest absolute Gasteiger partial charge is 0.356 e. The van der Waals surface area contributed by atoms with Gasteiger partial charge in [-0.05, 0) is 24.6 Å². The maximum absolute atomic E-state index is 5.22. The summed E-state index contributed by atoms with van der Waals surface area (Å²) in [5.41, 5.74) is 1.85. The summed E-state index contributed by atoms with van der Waals surface area (Å²) < 4.78 is 5.22. The molecule has 0 fully saturated rings. The molecule has 1 heteroatoms. The topological polar surface area (TPSA) is 9.23 Å². The fourth-order valence-corrected chi connectivity index (χ4v) is 1.000. The summed E-state index contributed by atoms with van der Waals surface area (Å²) in [4.78, 5) is 0. The summed E-state index contributed by atoms with van der Waals surface area (Å²) in [6.45, 7) is 6.34. The summed E-state index contributed by atoms with van der Waals surface area (Å²) in [5, 5.41) is 0. The van der Waals surface area contributed by atoms with Gasteiger partial charge in [-0.2, -0.15) is 0 Å². The zero-order valence-electron chi connectivity index (χ0n) is 9.42. The molecule has 0 bridgehead atoms. The van der Waals surface area contributed by atoms with Gasteiger partial charge in [0.2, 0.25) is 0 Å². The second-order valence-electron chi connectivity index (χ2n) is 3.24. The first-order valence-corrected chi connectivity index (χ1v) is 5.05. The van der Waals surface area contributed by atoms with Crippen molar-refractivity contribution in [2.45, 2.75) is 6.92 Å². The summed E-state index contributed by atoms with van der Waals surface area (Å²) >= 11 is 0. The van der Waals surface area contributed by atoms with Crippen LogP contribution in [0.4, 0.5) is 0 Å². The molecule has 0 aliphatic rings. The molecule has 0 amide bonds. The molecule has 0 radical (unpaired) electrons. The zero-order chi connectivity index (χ0) is 11.6. The number of rotatable bonds is 2. The van der Waals surface area contributed by atoms with Crippen LogP contribution in [0.1, 0.15) is 12.5 Å². The Morgan fingerprint density at radius 3 is 2.56 bits per heavy atom. The molecular formula is C15H14O. The van der Waals surface area contributed by atoms with Crippen LogP contribution in [0.15, 0.2) is 42.5 Å². The van der Waals surface area contributed by atoms with E-state index in [9.17, 15) is 0 Å². The van der Waals surface area contributed by atoms with Gasteiger partial charge in [-0.3, -0.25) is 0 Å². The van der Waals surface area contributed by atoms with Gasteiger partial charge in [0.15, 0.2) is 0 Å². The van der Waals surface area contributed by atoms with Gasteiger partial charge in [0.05, 0.1) is 0 Å². The Hall–Kier alpha value is -1.96. The van der Waals surface area contributed by atoms with Gasteiger partial charge in [-0.25, -0.2) is 0 Å². The third kappa shape index (κ3) is 5.70. The van der Waals surface area contributed by atoms with Gasteiger partial charge < -0.3 is 4.74 Å². The van der Waals surface area contributed by atoms with Crippen molar-refractivity contribution in [2.75, 3.05) is 13.2 Å². The van der Waals surface area contributed by atoms with Crippen molar-refractivity contribution in [3.63, 3.8) is 0 Å². The van der Waals surface area contributed by atoms with E-state index in [4.69, 9.17) is 4.74 Å². The molecule has 1 aromatic carbocycles. The van der Waals surface area contributed by atoms with Gasteiger partial charge in [-0.15, -0.1) is 0 Å². The molecule has 0 aliphatic heterocycles. The van der Waals surface area contributed by atoms with E-state index in [1.165, 1.54) is 0 Å². The number of allylic oxidation sites excluding steroid dienone is 1. The van der Waals surface area contributed by atoms with E-state index in [-0.39, 0.29) is 0 Å². The first-order chi connectivity index (χ1) is 7.79. The van der Waals surface area contributed by atoms with E-state index < -0.39 is 0 Å². The SMILES string of the molecule is C=C(C)C#CCOCC#Cc1ccccc1. The highest BCUT2D eigenvalue weighted by Gasteiger charge is 1.81. The summed E-state index contributed by atoms with van der Waals surface area (Å²) in [6, 6.07) is 9.82. The fourth-order valence-electron chi connectivity index (χ4n) is 1.000. The minimum Gasteiger partial charge on any atom is -0.356 e. The van der Waals surface area contributed by atoms with Crippen LogP contribution < -0.4 is 0 Å². The Morgan fingerprint density at radius 2 is 1.88 bits per heavy atom. The van der Waals surface area contributed by atoms with Crippen molar-refractivity contribution in [3.8, 4) is 23.7 Å². The molecule has 0 unspecified atom stereocenters. The molecule has 0 saturated carbocycles. The third-order valence-corrected chi connectivity index (χ3v) is 1.66. The van der Waals surface area contributed by atoms with Gasteiger partial charge in [0, 0.05) is 5.56 Å². The molecule has 1 rings (SSSR count). The molecule has 0 aliphatic carbocycles. The van der Waals surface area contributed by atoms with E-state index in [2.05, 4.69) is 30.3 Å². The Labute approximate surface area is 97.1 Å². The molecule has 1 nitrogen and oxygen atoms in total. The molecule has 0 aromatic heterocycles. The van der Waals surface area contributed by atoms with Crippen LogP contribution >= 0.6 is 0 Å². The van der Waals surface area contributed by atoms with Crippen LogP contribution in [0.2, 0.25) is 0 Å². The Kier molecular flexibility index (Phi) is 5.56. The van der Waals surface area contributed by atoms with E-state index in [0.717, 1.165) is 11.1 Å². The molecule has 0 heterocycles. The Morgan fingerprint density at radius 1 is 1.19 bits per heavy atom. The third-order valence-electron chi connectivity index (χ3n) is 1.66. The first-order valence-electron chi connectivity index (χ1n) is 5.05. The van der Waals surface area contributed by atoms with Crippen molar-refractivity contribution in [3.05, 3.63) is 48.0 Å². The van der Waals surface area contributed by atoms with Crippen LogP contribution in [0.5, 0.6) is 0 Å². The van der Waals surface area contributed by atoms with Crippen molar-refractivity contribution < 1.29 is 4.74 Å². The van der Waals surface area contributed by atoms with E-state index >= 15 is 0 Å². The molecule has 0 N–H and O–H groups in total. The zero-order valence-corrected chi connectivity index (χ0v) is 9.42.